The van der Waals surface area contributed by atoms with Crippen LogP contribution in [-0.4, -0.2) is 49.0 Å². The average Bonchev–Trinajstić information content (AvgIpc) is 2.85. The second-order valence-electron chi connectivity index (χ2n) is 5.51. The Morgan fingerprint density at radius 3 is 2.30 bits per heavy atom. The Balaban J connectivity index is 1.89. The minimum absolute atomic E-state index is 0.196. The van der Waals surface area contributed by atoms with Gasteiger partial charge in [-0.3, -0.25) is 19.3 Å². The van der Waals surface area contributed by atoms with Crippen molar-refractivity contribution in [2.45, 2.75) is 51.9 Å². The van der Waals surface area contributed by atoms with E-state index in [9.17, 15) is 14.4 Å². The number of hydrogen-bond donors (Lipinski definition) is 0. The molecule has 1 heterocycles. The van der Waals surface area contributed by atoms with Crippen LogP contribution in [0.3, 0.4) is 0 Å². The Morgan fingerprint density at radius 2 is 1.61 bits per heavy atom. The van der Waals surface area contributed by atoms with Crippen molar-refractivity contribution in [3.8, 4) is 0 Å². The fourth-order valence-corrected chi connectivity index (χ4v) is 2.25. The van der Waals surface area contributed by atoms with Crippen LogP contribution in [0.15, 0.2) is 12.2 Å². The number of nitrogens with zero attached hydrogens (tertiary/aromatic N) is 1. The number of unbranched alkanes of at least 4 members (excludes halogenated alkanes) is 5. The van der Waals surface area contributed by atoms with E-state index in [2.05, 4.69) is 6.92 Å². The number of carbonyl (C=O) groups is 3. The standard InChI is InChI=1S/C17H27NO5/c1-2-3-4-5-6-7-8-17(21)23-14-13-22-12-11-18-15(19)9-10-16(18)20/h9-10H,2-8,11-14H2,1H3. The van der Waals surface area contributed by atoms with Crippen LogP contribution in [0.1, 0.15) is 51.9 Å². The first kappa shape index (κ1) is 19.4. The Bertz CT molecular complexity index is 401. The van der Waals surface area contributed by atoms with Crippen molar-refractivity contribution in [2.75, 3.05) is 26.4 Å². The van der Waals surface area contributed by atoms with Gasteiger partial charge in [0.2, 0.25) is 0 Å². The quantitative estimate of drug-likeness (QED) is 0.295. The summed E-state index contributed by atoms with van der Waals surface area (Å²) < 4.78 is 10.3. The highest BCUT2D eigenvalue weighted by Crippen LogP contribution is 2.07. The minimum atomic E-state index is -0.316. The first-order chi connectivity index (χ1) is 11.1. The third-order valence-electron chi connectivity index (χ3n) is 3.58. The van der Waals surface area contributed by atoms with Crippen LogP contribution < -0.4 is 0 Å². The van der Waals surface area contributed by atoms with Crippen LogP contribution in [0.5, 0.6) is 0 Å². The molecule has 0 N–H and O–H groups in total. The molecule has 1 rings (SSSR count). The monoisotopic (exact) mass is 325 g/mol. The lowest BCUT2D eigenvalue weighted by atomic mass is 10.1. The highest BCUT2D eigenvalue weighted by molar-refractivity contribution is 6.12. The van der Waals surface area contributed by atoms with Gasteiger partial charge in [0.1, 0.15) is 6.61 Å². The Kier molecular flexibility index (Phi) is 9.95. The molecule has 6 heteroatoms. The molecule has 0 aromatic heterocycles. The molecule has 0 radical (unpaired) electrons. The topological polar surface area (TPSA) is 72.9 Å². The van der Waals surface area contributed by atoms with Crippen molar-refractivity contribution >= 4 is 17.8 Å². The summed E-state index contributed by atoms with van der Waals surface area (Å²) in [5.74, 6) is -0.828. The summed E-state index contributed by atoms with van der Waals surface area (Å²) in [7, 11) is 0. The van der Waals surface area contributed by atoms with Crippen LogP contribution in [0.2, 0.25) is 0 Å². The number of carbonyl (C=O) groups excluding carboxylic acids is 3. The Hall–Kier alpha value is -1.69. The fraction of sp³-hybridized carbons (Fsp3) is 0.706. The zero-order chi connectivity index (χ0) is 16.9. The smallest absolute Gasteiger partial charge is 0.305 e. The normalized spacial score (nSPS) is 13.9. The van der Waals surface area contributed by atoms with Crippen molar-refractivity contribution in [1.29, 1.82) is 0 Å². The molecule has 0 fully saturated rings. The zero-order valence-corrected chi connectivity index (χ0v) is 13.9. The maximum atomic E-state index is 11.5. The van der Waals surface area contributed by atoms with Crippen LogP contribution in [0.4, 0.5) is 0 Å². The summed E-state index contributed by atoms with van der Waals surface area (Å²) in [6, 6.07) is 0. The van der Waals surface area contributed by atoms with Gasteiger partial charge in [0, 0.05) is 18.6 Å². The molecule has 0 saturated heterocycles. The summed E-state index contributed by atoms with van der Waals surface area (Å²) in [5, 5.41) is 0. The van der Waals surface area contributed by atoms with Gasteiger partial charge in [-0.2, -0.15) is 0 Å². The first-order valence-corrected chi connectivity index (χ1v) is 8.42. The fourth-order valence-electron chi connectivity index (χ4n) is 2.25. The predicted octanol–water partition coefficient (Wildman–Crippen LogP) is 2.22. The van der Waals surface area contributed by atoms with E-state index in [0.29, 0.717) is 6.42 Å². The molecule has 1 aliphatic heterocycles. The molecule has 0 atom stereocenters. The summed E-state index contributed by atoms with van der Waals surface area (Å²) in [6.45, 7) is 3.11. The number of esters is 1. The number of imide groups is 1. The second kappa shape index (κ2) is 11.8. The van der Waals surface area contributed by atoms with Gasteiger partial charge in [0.25, 0.3) is 11.8 Å². The highest BCUT2D eigenvalue weighted by atomic mass is 16.6. The molecular formula is C17H27NO5. The number of ether oxygens (including phenoxy) is 2. The van der Waals surface area contributed by atoms with Crippen molar-refractivity contribution in [1.82, 2.24) is 4.90 Å². The Morgan fingerprint density at radius 1 is 0.957 bits per heavy atom. The third-order valence-corrected chi connectivity index (χ3v) is 3.58. The van der Waals surface area contributed by atoms with Gasteiger partial charge in [0.15, 0.2) is 0 Å². The molecule has 23 heavy (non-hydrogen) atoms. The minimum Gasteiger partial charge on any atom is -0.463 e. The van der Waals surface area contributed by atoms with E-state index in [4.69, 9.17) is 9.47 Å². The summed E-state index contributed by atoms with van der Waals surface area (Å²) in [6.07, 6.45) is 9.76. The van der Waals surface area contributed by atoms with Gasteiger partial charge in [-0.25, -0.2) is 0 Å². The van der Waals surface area contributed by atoms with E-state index in [1.807, 2.05) is 0 Å². The summed E-state index contributed by atoms with van der Waals surface area (Å²) in [4.78, 5) is 35.1. The summed E-state index contributed by atoms with van der Waals surface area (Å²) in [5.41, 5.74) is 0. The molecule has 130 valence electrons. The number of amides is 2. The van der Waals surface area contributed by atoms with Gasteiger partial charge in [0.05, 0.1) is 19.8 Å². The van der Waals surface area contributed by atoms with E-state index in [-0.39, 0.29) is 44.1 Å². The third kappa shape index (κ3) is 8.50. The molecule has 0 unspecified atom stereocenters. The van der Waals surface area contributed by atoms with Gasteiger partial charge >= 0.3 is 5.97 Å². The number of rotatable bonds is 13. The largest absolute Gasteiger partial charge is 0.463 e. The van der Waals surface area contributed by atoms with Crippen molar-refractivity contribution in [2.24, 2.45) is 0 Å². The van der Waals surface area contributed by atoms with E-state index in [0.717, 1.165) is 17.7 Å². The molecular weight excluding hydrogens is 298 g/mol. The molecule has 6 nitrogen and oxygen atoms in total. The van der Waals surface area contributed by atoms with Gasteiger partial charge in [-0.15, -0.1) is 0 Å². The lowest BCUT2D eigenvalue weighted by Crippen LogP contribution is -2.33. The van der Waals surface area contributed by atoms with Crippen LogP contribution in [-0.2, 0) is 23.9 Å². The predicted molar refractivity (Wildman–Crippen MR) is 85.6 cm³/mol. The van der Waals surface area contributed by atoms with E-state index < -0.39 is 0 Å². The van der Waals surface area contributed by atoms with Gasteiger partial charge < -0.3 is 9.47 Å². The molecule has 0 bridgehead atoms. The molecule has 0 saturated carbocycles. The van der Waals surface area contributed by atoms with Crippen LogP contribution in [0, 0.1) is 0 Å². The zero-order valence-electron chi connectivity index (χ0n) is 13.9. The first-order valence-electron chi connectivity index (χ1n) is 8.42. The molecule has 0 spiro atoms. The van der Waals surface area contributed by atoms with Crippen molar-refractivity contribution < 1.29 is 23.9 Å². The van der Waals surface area contributed by atoms with E-state index in [1.165, 1.54) is 37.8 Å². The maximum Gasteiger partial charge on any atom is 0.305 e. The van der Waals surface area contributed by atoms with Gasteiger partial charge in [-0.05, 0) is 6.42 Å². The van der Waals surface area contributed by atoms with Crippen molar-refractivity contribution in [3.05, 3.63) is 12.2 Å². The number of hydrogen-bond acceptors (Lipinski definition) is 5. The molecule has 0 aromatic rings. The van der Waals surface area contributed by atoms with Crippen molar-refractivity contribution in [3.63, 3.8) is 0 Å². The van der Waals surface area contributed by atoms with E-state index >= 15 is 0 Å². The Labute approximate surface area is 137 Å². The lowest BCUT2D eigenvalue weighted by Gasteiger charge is -2.13. The summed E-state index contributed by atoms with van der Waals surface area (Å²) >= 11 is 0. The SMILES string of the molecule is CCCCCCCCC(=O)OCCOCCN1C(=O)C=CC1=O. The van der Waals surface area contributed by atoms with Crippen LogP contribution in [0.25, 0.3) is 0 Å². The van der Waals surface area contributed by atoms with E-state index in [1.54, 1.807) is 0 Å². The van der Waals surface area contributed by atoms with Crippen LogP contribution >= 0.6 is 0 Å². The molecule has 0 aliphatic carbocycles. The average molecular weight is 325 g/mol. The molecule has 1 aliphatic rings. The second-order valence-corrected chi connectivity index (χ2v) is 5.51. The van der Waals surface area contributed by atoms with Gasteiger partial charge in [-0.1, -0.05) is 39.0 Å². The molecule has 0 aromatic carbocycles. The highest BCUT2D eigenvalue weighted by Gasteiger charge is 2.22. The lowest BCUT2D eigenvalue weighted by molar-refractivity contribution is -0.145. The maximum absolute atomic E-state index is 11.5. The molecule has 2 amide bonds.